The maximum atomic E-state index is 5.78. The number of nitrogens with zero attached hydrogens (tertiary/aromatic N) is 4. The molecular weight excluding hydrogens is 178 g/mol. The summed E-state index contributed by atoms with van der Waals surface area (Å²) in [6.07, 6.45) is 6.77. The second kappa shape index (κ2) is 3.55. The summed E-state index contributed by atoms with van der Waals surface area (Å²) in [5.41, 5.74) is 6.52. The summed E-state index contributed by atoms with van der Waals surface area (Å²) in [7, 11) is 0. The molecule has 5 heteroatoms. The molecule has 2 aromatic rings. The molecule has 0 bridgehead atoms. The molecule has 2 N–H and O–H groups in total. The van der Waals surface area contributed by atoms with Crippen LogP contribution in [0, 0.1) is 0 Å². The summed E-state index contributed by atoms with van der Waals surface area (Å²) in [4.78, 5) is 8.39. The first-order valence-corrected chi connectivity index (χ1v) is 4.35. The van der Waals surface area contributed by atoms with Gasteiger partial charge in [0.2, 0.25) is 0 Å². The Morgan fingerprint density at radius 1 is 1.29 bits per heavy atom. The Hall–Kier alpha value is -1.75. The third-order valence-electron chi connectivity index (χ3n) is 1.86. The molecule has 5 nitrogen and oxygen atoms in total. The summed E-state index contributed by atoms with van der Waals surface area (Å²) in [6.45, 7) is 1.87. The average Bonchev–Trinajstić information content (AvgIpc) is 2.70. The maximum absolute atomic E-state index is 5.78. The van der Waals surface area contributed by atoms with E-state index in [2.05, 4.69) is 15.1 Å². The number of hydrogen-bond acceptors (Lipinski definition) is 4. The van der Waals surface area contributed by atoms with Crippen molar-refractivity contribution in [1.82, 2.24) is 19.7 Å². The van der Waals surface area contributed by atoms with Crippen molar-refractivity contribution >= 4 is 0 Å². The van der Waals surface area contributed by atoms with Crippen LogP contribution >= 0.6 is 0 Å². The van der Waals surface area contributed by atoms with Gasteiger partial charge in [0.05, 0.1) is 0 Å². The second-order valence-electron chi connectivity index (χ2n) is 3.00. The molecule has 0 aliphatic carbocycles. The van der Waals surface area contributed by atoms with Gasteiger partial charge in [-0.3, -0.25) is 4.98 Å². The Labute approximate surface area is 81.6 Å². The van der Waals surface area contributed by atoms with E-state index in [9.17, 15) is 0 Å². The van der Waals surface area contributed by atoms with E-state index >= 15 is 0 Å². The smallest absolute Gasteiger partial charge is 0.176 e. The fourth-order valence-corrected chi connectivity index (χ4v) is 1.23. The first-order chi connectivity index (χ1) is 6.79. The zero-order valence-corrected chi connectivity index (χ0v) is 7.83. The van der Waals surface area contributed by atoms with Crippen molar-refractivity contribution < 1.29 is 0 Å². The normalized spacial score (nSPS) is 12.7. The van der Waals surface area contributed by atoms with E-state index in [-0.39, 0.29) is 6.04 Å². The van der Waals surface area contributed by atoms with Gasteiger partial charge in [0.25, 0.3) is 0 Å². The Bertz CT molecular complexity index is 407. The van der Waals surface area contributed by atoms with Crippen LogP contribution < -0.4 is 5.73 Å². The molecule has 0 spiro atoms. The molecule has 0 aliphatic heterocycles. The molecule has 1 atom stereocenters. The molecule has 2 heterocycles. The standard InChI is InChI=1S/C9H11N5/c1-7(10)8-9(12-5-4-11-8)14-6-2-3-13-14/h2-7H,10H2,1H3/t7-/m1/s1. The second-order valence-corrected chi connectivity index (χ2v) is 3.00. The van der Waals surface area contributed by atoms with Crippen molar-refractivity contribution in [3.63, 3.8) is 0 Å². The number of nitrogens with two attached hydrogens (primary N) is 1. The monoisotopic (exact) mass is 189 g/mol. The van der Waals surface area contributed by atoms with Crippen LogP contribution in [0.5, 0.6) is 0 Å². The van der Waals surface area contributed by atoms with Crippen LogP contribution in [0.1, 0.15) is 18.7 Å². The molecule has 72 valence electrons. The van der Waals surface area contributed by atoms with E-state index in [4.69, 9.17) is 5.73 Å². The summed E-state index contributed by atoms with van der Waals surface area (Å²) < 4.78 is 1.66. The van der Waals surface area contributed by atoms with Crippen LogP contribution in [0.2, 0.25) is 0 Å². The molecule has 0 saturated heterocycles. The zero-order valence-electron chi connectivity index (χ0n) is 7.83. The van der Waals surface area contributed by atoms with E-state index in [1.54, 1.807) is 23.3 Å². The molecule has 0 fully saturated rings. The lowest BCUT2D eigenvalue weighted by Gasteiger charge is -2.09. The SMILES string of the molecule is C[C@@H](N)c1nccnc1-n1cccn1. The van der Waals surface area contributed by atoms with Crippen molar-refractivity contribution in [2.75, 3.05) is 0 Å². The highest BCUT2D eigenvalue weighted by atomic mass is 15.3. The summed E-state index contributed by atoms with van der Waals surface area (Å²) in [6, 6.07) is 1.68. The van der Waals surface area contributed by atoms with Gasteiger partial charge in [0.15, 0.2) is 5.82 Å². The van der Waals surface area contributed by atoms with Crippen LogP contribution in [-0.4, -0.2) is 19.7 Å². The van der Waals surface area contributed by atoms with Gasteiger partial charge in [-0.25, -0.2) is 9.67 Å². The van der Waals surface area contributed by atoms with E-state index < -0.39 is 0 Å². The van der Waals surface area contributed by atoms with Crippen LogP contribution in [0.25, 0.3) is 5.82 Å². The first-order valence-electron chi connectivity index (χ1n) is 4.35. The lowest BCUT2D eigenvalue weighted by atomic mass is 10.2. The van der Waals surface area contributed by atoms with Crippen molar-refractivity contribution in [2.45, 2.75) is 13.0 Å². The summed E-state index contributed by atoms with van der Waals surface area (Å²) >= 11 is 0. The van der Waals surface area contributed by atoms with Crippen molar-refractivity contribution in [3.05, 3.63) is 36.5 Å². The predicted octanol–water partition coefficient (Wildman–Crippen LogP) is 0.682. The molecule has 2 rings (SSSR count). The van der Waals surface area contributed by atoms with Crippen molar-refractivity contribution in [1.29, 1.82) is 0 Å². The molecular formula is C9H11N5. The van der Waals surface area contributed by atoms with Gasteiger partial charge in [-0.1, -0.05) is 0 Å². The van der Waals surface area contributed by atoms with Crippen LogP contribution in [0.15, 0.2) is 30.9 Å². The molecule has 0 unspecified atom stereocenters. The Morgan fingerprint density at radius 3 is 2.71 bits per heavy atom. The topological polar surface area (TPSA) is 69.6 Å². The minimum atomic E-state index is -0.150. The fourth-order valence-electron chi connectivity index (χ4n) is 1.23. The van der Waals surface area contributed by atoms with Crippen LogP contribution in [0.3, 0.4) is 0 Å². The first kappa shape index (κ1) is 8.83. The minimum Gasteiger partial charge on any atom is -0.323 e. The predicted molar refractivity (Wildman–Crippen MR) is 51.8 cm³/mol. The summed E-state index contributed by atoms with van der Waals surface area (Å²) in [5, 5.41) is 4.09. The van der Waals surface area contributed by atoms with Gasteiger partial charge < -0.3 is 5.73 Å². The van der Waals surface area contributed by atoms with Gasteiger partial charge in [-0.2, -0.15) is 5.10 Å². The van der Waals surface area contributed by atoms with Gasteiger partial charge in [-0.15, -0.1) is 0 Å². The van der Waals surface area contributed by atoms with Gasteiger partial charge in [-0.05, 0) is 13.0 Å². The Kier molecular flexibility index (Phi) is 2.24. The highest BCUT2D eigenvalue weighted by Crippen LogP contribution is 2.13. The third-order valence-corrected chi connectivity index (χ3v) is 1.86. The van der Waals surface area contributed by atoms with Crippen molar-refractivity contribution in [3.8, 4) is 5.82 Å². The lowest BCUT2D eigenvalue weighted by Crippen LogP contribution is -2.13. The Morgan fingerprint density at radius 2 is 2.07 bits per heavy atom. The van der Waals surface area contributed by atoms with E-state index in [1.165, 1.54) is 0 Å². The van der Waals surface area contributed by atoms with Gasteiger partial charge >= 0.3 is 0 Å². The van der Waals surface area contributed by atoms with E-state index in [0.717, 1.165) is 5.69 Å². The summed E-state index contributed by atoms with van der Waals surface area (Å²) in [5.74, 6) is 0.688. The van der Waals surface area contributed by atoms with Gasteiger partial charge in [0.1, 0.15) is 5.69 Å². The largest absolute Gasteiger partial charge is 0.323 e. The molecule has 0 radical (unpaired) electrons. The molecule has 0 aliphatic rings. The average molecular weight is 189 g/mol. The van der Waals surface area contributed by atoms with Crippen molar-refractivity contribution in [2.24, 2.45) is 5.73 Å². The number of rotatable bonds is 2. The molecule has 14 heavy (non-hydrogen) atoms. The highest BCUT2D eigenvalue weighted by molar-refractivity contribution is 5.28. The molecule has 0 amide bonds. The van der Waals surface area contributed by atoms with Crippen LogP contribution in [0.4, 0.5) is 0 Å². The number of hydrogen-bond donors (Lipinski definition) is 1. The molecule has 0 aromatic carbocycles. The van der Waals surface area contributed by atoms with E-state index in [1.807, 2.05) is 19.2 Å². The molecule has 0 saturated carbocycles. The molecule has 2 aromatic heterocycles. The van der Waals surface area contributed by atoms with E-state index in [0.29, 0.717) is 5.82 Å². The quantitative estimate of drug-likeness (QED) is 0.754. The number of aromatic nitrogens is 4. The minimum absolute atomic E-state index is 0.150. The maximum Gasteiger partial charge on any atom is 0.176 e. The van der Waals surface area contributed by atoms with Crippen LogP contribution in [-0.2, 0) is 0 Å². The lowest BCUT2D eigenvalue weighted by molar-refractivity contribution is 0.729. The Balaban J connectivity index is 2.53. The third kappa shape index (κ3) is 1.49. The zero-order chi connectivity index (χ0) is 9.97. The highest BCUT2D eigenvalue weighted by Gasteiger charge is 2.10. The fraction of sp³-hybridized carbons (Fsp3) is 0.222. The van der Waals surface area contributed by atoms with Gasteiger partial charge in [0, 0.05) is 30.8 Å².